The van der Waals surface area contributed by atoms with Crippen molar-refractivity contribution in [2.75, 3.05) is 19.6 Å². The first kappa shape index (κ1) is 12.1. The molecule has 1 amide bonds. The monoisotopic (exact) mass is 210 g/mol. The van der Waals surface area contributed by atoms with Gasteiger partial charge in [0.1, 0.15) is 0 Å². The molecule has 3 nitrogen and oxygen atoms in total. The fraction of sp³-hybridized carbons (Fsp3) is 0.750. The predicted molar refractivity (Wildman–Crippen MR) is 62.4 cm³/mol. The van der Waals surface area contributed by atoms with Gasteiger partial charge >= 0.3 is 0 Å². The Kier molecular flexibility index (Phi) is 3.77. The maximum atomic E-state index is 11.9. The minimum Gasteiger partial charge on any atom is -0.366 e. The lowest BCUT2D eigenvalue weighted by Gasteiger charge is -2.39. The molecule has 0 aromatic carbocycles. The molecule has 0 N–H and O–H groups in total. The van der Waals surface area contributed by atoms with E-state index >= 15 is 0 Å². The van der Waals surface area contributed by atoms with Gasteiger partial charge in [-0.25, -0.2) is 0 Å². The fourth-order valence-corrected chi connectivity index (χ4v) is 1.90. The van der Waals surface area contributed by atoms with E-state index in [1.807, 2.05) is 18.7 Å². The van der Waals surface area contributed by atoms with E-state index in [9.17, 15) is 4.79 Å². The first-order chi connectivity index (χ1) is 6.93. The van der Waals surface area contributed by atoms with Crippen LogP contribution in [0.15, 0.2) is 12.3 Å². The van der Waals surface area contributed by atoms with Gasteiger partial charge in [-0.05, 0) is 19.8 Å². The smallest absolute Gasteiger partial charge is 0.269 e. The molecule has 0 atom stereocenters. The van der Waals surface area contributed by atoms with E-state index in [4.69, 9.17) is 0 Å². The van der Waals surface area contributed by atoms with Gasteiger partial charge in [-0.2, -0.15) is 0 Å². The quantitative estimate of drug-likeness (QED) is 0.662. The van der Waals surface area contributed by atoms with Gasteiger partial charge in [-0.15, -0.1) is 0 Å². The molecule has 0 aromatic rings. The minimum absolute atomic E-state index is 0.0944. The van der Waals surface area contributed by atoms with E-state index in [1.165, 1.54) is 0 Å². The Bertz CT molecular complexity index is 258. The third-order valence-electron chi connectivity index (χ3n) is 2.71. The molecule has 0 radical (unpaired) electrons. The number of carbonyl (C=O) groups excluding carboxylic acids is 1. The molecule has 0 aliphatic carbocycles. The topological polar surface area (TPSA) is 23.6 Å². The maximum absolute atomic E-state index is 11.9. The zero-order valence-electron chi connectivity index (χ0n) is 10.3. The molecule has 0 bridgehead atoms. The van der Waals surface area contributed by atoms with Gasteiger partial charge in [0.15, 0.2) is 0 Å². The van der Waals surface area contributed by atoms with Crippen LogP contribution in [0.4, 0.5) is 0 Å². The van der Waals surface area contributed by atoms with Crippen LogP contribution < -0.4 is 0 Å². The first-order valence-electron chi connectivity index (χ1n) is 5.68. The Hall–Kier alpha value is -0.990. The van der Waals surface area contributed by atoms with Crippen LogP contribution in [0.1, 0.15) is 27.7 Å². The average molecular weight is 210 g/mol. The highest BCUT2D eigenvalue weighted by Crippen LogP contribution is 2.16. The summed E-state index contributed by atoms with van der Waals surface area (Å²) in [6.07, 6.45) is 0. The molecular weight excluding hydrogens is 188 g/mol. The van der Waals surface area contributed by atoms with Crippen molar-refractivity contribution in [2.24, 2.45) is 5.92 Å². The van der Waals surface area contributed by atoms with Crippen molar-refractivity contribution in [3.05, 3.63) is 12.3 Å². The SMILES string of the molecule is C=C1C(=O)N(C(C)C)CCN1CC(C)C. The van der Waals surface area contributed by atoms with Crippen molar-refractivity contribution >= 4 is 5.91 Å². The molecule has 0 saturated carbocycles. The van der Waals surface area contributed by atoms with Gasteiger partial charge in [0.2, 0.25) is 0 Å². The molecule has 3 heteroatoms. The number of hydrogen-bond donors (Lipinski definition) is 0. The summed E-state index contributed by atoms with van der Waals surface area (Å²) in [5.41, 5.74) is 0.656. The second-order valence-electron chi connectivity index (χ2n) is 4.88. The third kappa shape index (κ3) is 2.74. The van der Waals surface area contributed by atoms with Crippen LogP contribution >= 0.6 is 0 Å². The van der Waals surface area contributed by atoms with Crippen LogP contribution in [0, 0.1) is 5.92 Å². The highest BCUT2D eigenvalue weighted by Gasteiger charge is 2.28. The van der Waals surface area contributed by atoms with E-state index < -0.39 is 0 Å². The summed E-state index contributed by atoms with van der Waals surface area (Å²) < 4.78 is 0. The van der Waals surface area contributed by atoms with Gasteiger partial charge in [-0.1, -0.05) is 20.4 Å². The summed E-state index contributed by atoms with van der Waals surface area (Å²) >= 11 is 0. The van der Waals surface area contributed by atoms with E-state index in [2.05, 4.69) is 25.3 Å². The average Bonchev–Trinajstić information content (AvgIpc) is 2.12. The zero-order valence-corrected chi connectivity index (χ0v) is 10.3. The van der Waals surface area contributed by atoms with Crippen LogP contribution in [-0.4, -0.2) is 41.4 Å². The highest BCUT2D eigenvalue weighted by molar-refractivity contribution is 5.93. The molecule has 0 unspecified atom stereocenters. The van der Waals surface area contributed by atoms with Crippen LogP contribution in [-0.2, 0) is 4.79 Å². The van der Waals surface area contributed by atoms with Crippen LogP contribution in [0.2, 0.25) is 0 Å². The number of nitrogens with zero attached hydrogens (tertiary/aromatic N) is 2. The highest BCUT2D eigenvalue weighted by atomic mass is 16.2. The molecule has 1 saturated heterocycles. The van der Waals surface area contributed by atoms with E-state index in [1.54, 1.807) is 0 Å². The Balaban J connectivity index is 2.65. The lowest BCUT2D eigenvalue weighted by Crippen LogP contribution is -2.51. The van der Waals surface area contributed by atoms with Crippen LogP contribution in [0.5, 0.6) is 0 Å². The fourth-order valence-electron chi connectivity index (χ4n) is 1.90. The van der Waals surface area contributed by atoms with Gasteiger partial charge in [-0.3, -0.25) is 4.79 Å². The van der Waals surface area contributed by atoms with Gasteiger partial charge in [0.05, 0.1) is 5.70 Å². The van der Waals surface area contributed by atoms with Crippen LogP contribution in [0.3, 0.4) is 0 Å². The molecule has 0 aromatic heterocycles. The summed E-state index contributed by atoms with van der Waals surface area (Å²) in [7, 11) is 0. The molecule has 1 rings (SSSR count). The van der Waals surface area contributed by atoms with Gasteiger partial charge < -0.3 is 9.80 Å². The molecule has 1 aliphatic heterocycles. The number of hydrogen-bond acceptors (Lipinski definition) is 2. The molecule has 1 aliphatic rings. The van der Waals surface area contributed by atoms with Crippen molar-refractivity contribution in [3.8, 4) is 0 Å². The summed E-state index contributed by atoms with van der Waals surface area (Å²) in [6, 6.07) is 0.274. The van der Waals surface area contributed by atoms with Crippen molar-refractivity contribution in [1.82, 2.24) is 9.80 Å². The second kappa shape index (κ2) is 4.69. The first-order valence-corrected chi connectivity index (χ1v) is 5.68. The van der Waals surface area contributed by atoms with Crippen molar-refractivity contribution in [1.29, 1.82) is 0 Å². The Morgan fingerprint density at radius 1 is 1.27 bits per heavy atom. The summed E-state index contributed by atoms with van der Waals surface area (Å²) in [5.74, 6) is 0.664. The van der Waals surface area contributed by atoms with Crippen LogP contribution in [0.25, 0.3) is 0 Å². The Labute approximate surface area is 92.7 Å². The maximum Gasteiger partial charge on any atom is 0.269 e. The number of carbonyl (C=O) groups is 1. The molecule has 0 spiro atoms. The number of amides is 1. The summed E-state index contributed by atoms with van der Waals surface area (Å²) in [5, 5.41) is 0. The zero-order chi connectivity index (χ0) is 11.6. The third-order valence-corrected chi connectivity index (χ3v) is 2.71. The normalized spacial score (nSPS) is 18.3. The Morgan fingerprint density at radius 3 is 2.33 bits per heavy atom. The van der Waals surface area contributed by atoms with E-state index in [0.29, 0.717) is 11.6 Å². The molecule has 15 heavy (non-hydrogen) atoms. The lowest BCUT2D eigenvalue weighted by atomic mass is 10.1. The molecule has 1 fully saturated rings. The molecule has 1 heterocycles. The molecular formula is C12H22N2O. The van der Waals surface area contributed by atoms with Crippen molar-refractivity contribution in [3.63, 3.8) is 0 Å². The predicted octanol–water partition coefficient (Wildman–Crippen LogP) is 1.71. The number of rotatable bonds is 3. The Morgan fingerprint density at radius 2 is 1.87 bits per heavy atom. The second-order valence-corrected chi connectivity index (χ2v) is 4.88. The van der Waals surface area contributed by atoms with E-state index in [0.717, 1.165) is 19.6 Å². The largest absolute Gasteiger partial charge is 0.366 e. The minimum atomic E-state index is 0.0944. The van der Waals surface area contributed by atoms with Crippen molar-refractivity contribution < 1.29 is 4.79 Å². The summed E-state index contributed by atoms with van der Waals surface area (Å²) in [4.78, 5) is 15.9. The van der Waals surface area contributed by atoms with Gasteiger partial charge in [0, 0.05) is 25.7 Å². The van der Waals surface area contributed by atoms with Crippen molar-refractivity contribution in [2.45, 2.75) is 33.7 Å². The van der Waals surface area contributed by atoms with Gasteiger partial charge in [0.25, 0.3) is 5.91 Å². The standard InChI is InChI=1S/C12H22N2O/c1-9(2)8-13-6-7-14(10(3)4)12(15)11(13)5/h9-10H,5-8H2,1-4H3. The molecule has 86 valence electrons. The summed E-state index contributed by atoms with van der Waals surface area (Å²) in [6.45, 7) is 15.0. The van der Waals surface area contributed by atoms with E-state index in [-0.39, 0.29) is 11.9 Å². The lowest BCUT2D eigenvalue weighted by molar-refractivity contribution is -0.133. The number of piperazine rings is 1.